The quantitative estimate of drug-likeness (QED) is 0.823. The van der Waals surface area contributed by atoms with Gasteiger partial charge in [-0.25, -0.2) is 0 Å². The summed E-state index contributed by atoms with van der Waals surface area (Å²) in [6.45, 7) is 8.34. The van der Waals surface area contributed by atoms with Crippen LogP contribution in [0.3, 0.4) is 0 Å². The van der Waals surface area contributed by atoms with Crippen molar-refractivity contribution in [3.8, 4) is 0 Å². The Morgan fingerprint density at radius 1 is 0.944 bits per heavy atom. The molecule has 2 rings (SSSR count). The molecule has 0 amide bonds. The van der Waals surface area contributed by atoms with Gasteiger partial charge in [0.25, 0.3) is 0 Å². The van der Waals surface area contributed by atoms with Crippen molar-refractivity contribution in [1.82, 2.24) is 10.2 Å². The second-order valence-corrected chi connectivity index (χ2v) is 6.54. The van der Waals surface area contributed by atoms with Gasteiger partial charge in [-0.05, 0) is 65.3 Å². The highest BCUT2D eigenvalue weighted by Gasteiger charge is 2.33. The van der Waals surface area contributed by atoms with Crippen LogP contribution in [0.4, 0.5) is 0 Å². The molecule has 1 N–H and O–H groups in total. The van der Waals surface area contributed by atoms with Crippen molar-refractivity contribution < 1.29 is 0 Å². The SMILES string of the molecule is CCCNC1CCC(N2C(C)CCCC2C)CC1. The van der Waals surface area contributed by atoms with E-state index in [0.29, 0.717) is 0 Å². The molecule has 0 aromatic carbocycles. The largest absolute Gasteiger partial charge is 0.314 e. The standard InChI is InChI=1S/C16H32N2/c1-4-12-17-15-8-10-16(11-9-15)18-13(2)6-5-7-14(18)3/h13-17H,4-12H2,1-3H3. The van der Waals surface area contributed by atoms with Crippen LogP contribution >= 0.6 is 0 Å². The summed E-state index contributed by atoms with van der Waals surface area (Å²) in [6, 6.07) is 3.31. The zero-order valence-corrected chi connectivity index (χ0v) is 12.6. The van der Waals surface area contributed by atoms with Crippen molar-refractivity contribution in [1.29, 1.82) is 0 Å². The van der Waals surface area contributed by atoms with E-state index in [0.717, 1.165) is 24.2 Å². The van der Waals surface area contributed by atoms with Crippen LogP contribution in [0, 0.1) is 0 Å². The van der Waals surface area contributed by atoms with Gasteiger partial charge >= 0.3 is 0 Å². The molecule has 2 fully saturated rings. The Hall–Kier alpha value is -0.0800. The maximum atomic E-state index is 3.70. The van der Waals surface area contributed by atoms with Crippen molar-refractivity contribution in [2.75, 3.05) is 6.54 Å². The number of hydrogen-bond donors (Lipinski definition) is 1. The second kappa shape index (κ2) is 6.91. The number of hydrogen-bond acceptors (Lipinski definition) is 2. The van der Waals surface area contributed by atoms with Gasteiger partial charge in [0.1, 0.15) is 0 Å². The van der Waals surface area contributed by atoms with E-state index in [-0.39, 0.29) is 0 Å². The molecule has 106 valence electrons. The molecule has 2 unspecified atom stereocenters. The van der Waals surface area contributed by atoms with Crippen molar-refractivity contribution >= 4 is 0 Å². The Bertz CT molecular complexity index is 223. The third-order valence-corrected chi connectivity index (χ3v) is 5.06. The molecule has 1 aliphatic heterocycles. The number of piperidine rings is 1. The number of rotatable bonds is 4. The van der Waals surface area contributed by atoms with Crippen molar-refractivity contribution in [2.24, 2.45) is 0 Å². The van der Waals surface area contributed by atoms with Crippen molar-refractivity contribution in [3.05, 3.63) is 0 Å². The van der Waals surface area contributed by atoms with Crippen molar-refractivity contribution in [2.45, 2.75) is 96.3 Å². The lowest BCUT2D eigenvalue weighted by atomic mass is 9.86. The summed E-state index contributed by atoms with van der Waals surface area (Å²) in [4.78, 5) is 2.85. The number of nitrogens with one attached hydrogen (secondary N) is 1. The van der Waals surface area contributed by atoms with Gasteiger partial charge in [-0.15, -0.1) is 0 Å². The van der Waals surface area contributed by atoms with Gasteiger partial charge in [-0.3, -0.25) is 4.90 Å². The van der Waals surface area contributed by atoms with Crippen LogP contribution in [0.25, 0.3) is 0 Å². The van der Waals surface area contributed by atoms with Crippen LogP contribution in [0.1, 0.15) is 72.1 Å². The first-order valence-electron chi connectivity index (χ1n) is 8.23. The summed E-state index contributed by atoms with van der Waals surface area (Å²) in [5.74, 6) is 0. The molecule has 18 heavy (non-hydrogen) atoms. The van der Waals surface area contributed by atoms with Gasteiger partial charge in [0, 0.05) is 24.2 Å². The fourth-order valence-corrected chi connectivity index (χ4v) is 4.09. The summed E-state index contributed by atoms with van der Waals surface area (Å²) in [7, 11) is 0. The van der Waals surface area contributed by atoms with Crippen LogP contribution in [-0.4, -0.2) is 35.6 Å². The highest BCUT2D eigenvalue weighted by atomic mass is 15.2. The smallest absolute Gasteiger partial charge is 0.0102 e. The first-order valence-corrected chi connectivity index (χ1v) is 8.23. The van der Waals surface area contributed by atoms with Gasteiger partial charge in [0.2, 0.25) is 0 Å². The summed E-state index contributed by atoms with van der Waals surface area (Å²) >= 11 is 0. The van der Waals surface area contributed by atoms with E-state index in [9.17, 15) is 0 Å². The monoisotopic (exact) mass is 252 g/mol. The highest BCUT2D eigenvalue weighted by molar-refractivity contribution is 4.89. The van der Waals surface area contributed by atoms with Gasteiger partial charge in [-0.1, -0.05) is 13.3 Å². The molecule has 0 bridgehead atoms. The molecule has 0 aromatic heterocycles. The Kier molecular flexibility index (Phi) is 5.50. The van der Waals surface area contributed by atoms with E-state index in [1.807, 2.05) is 0 Å². The second-order valence-electron chi connectivity index (χ2n) is 6.54. The minimum Gasteiger partial charge on any atom is -0.314 e. The molecule has 1 saturated carbocycles. The van der Waals surface area contributed by atoms with Crippen LogP contribution in [0.2, 0.25) is 0 Å². The van der Waals surface area contributed by atoms with E-state index in [4.69, 9.17) is 0 Å². The van der Waals surface area contributed by atoms with E-state index in [1.165, 1.54) is 57.9 Å². The molecule has 2 nitrogen and oxygen atoms in total. The first kappa shape index (κ1) is 14.3. The Labute approximate surface area is 114 Å². The van der Waals surface area contributed by atoms with Crippen LogP contribution in [-0.2, 0) is 0 Å². The molecule has 0 aromatic rings. The summed E-state index contributed by atoms with van der Waals surface area (Å²) in [5.41, 5.74) is 0. The highest BCUT2D eigenvalue weighted by Crippen LogP contribution is 2.31. The van der Waals surface area contributed by atoms with E-state index in [2.05, 4.69) is 31.0 Å². The molecule has 0 radical (unpaired) electrons. The maximum absolute atomic E-state index is 3.70. The lowest BCUT2D eigenvalue weighted by Gasteiger charge is -2.46. The number of likely N-dealkylation sites (tertiary alicyclic amines) is 1. The topological polar surface area (TPSA) is 15.3 Å². The van der Waals surface area contributed by atoms with Crippen LogP contribution < -0.4 is 5.32 Å². The van der Waals surface area contributed by atoms with Crippen LogP contribution in [0.5, 0.6) is 0 Å². The Morgan fingerprint density at radius 2 is 1.56 bits per heavy atom. The average molecular weight is 252 g/mol. The summed E-state index contributed by atoms with van der Waals surface area (Å²) in [5, 5.41) is 3.70. The van der Waals surface area contributed by atoms with E-state index >= 15 is 0 Å². The molecule has 1 saturated heterocycles. The lowest BCUT2D eigenvalue weighted by molar-refractivity contribution is 0.0331. The third kappa shape index (κ3) is 3.48. The molecule has 2 heteroatoms. The zero-order chi connectivity index (χ0) is 13.0. The normalized spacial score (nSPS) is 38.8. The Balaban J connectivity index is 1.81. The molecule has 1 aliphatic carbocycles. The van der Waals surface area contributed by atoms with Crippen molar-refractivity contribution in [3.63, 3.8) is 0 Å². The zero-order valence-electron chi connectivity index (χ0n) is 12.6. The molecule has 2 atom stereocenters. The first-order chi connectivity index (χ1) is 8.72. The number of nitrogens with zero attached hydrogens (tertiary/aromatic N) is 1. The van der Waals surface area contributed by atoms with Gasteiger partial charge in [0.15, 0.2) is 0 Å². The molecule has 1 heterocycles. The van der Waals surface area contributed by atoms with E-state index < -0.39 is 0 Å². The fraction of sp³-hybridized carbons (Fsp3) is 1.00. The Morgan fingerprint density at radius 3 is 2.11 bits per heavy atom. The molecular formula is C16H32N2. The fourth-order valence-electron chi connectivity index (χ4n) is 4.09. The predicted octanol–water partition coefficient (Wildman–Crippen LogP) is 3.56. The predicted molar refractivity (Wildman–Crippen MR) is 79.0 cm³/mol. The van der Waals surface area contributed by atoms with Gasteiger partial charge < -0.3 is 5.32 Å². The summed E-state index contributed by atoms with van der Waals surface area (Å²) in [6.07, 6.45) is 11.1. The average Bonchev–Trinajstić information content (AvgIpc) is 2.37. The minimum atomic E-state index is 0.802. The third-order valence-electron chi connectivity index (χ3n) is 5.06. The molecular weight excluding hydrogens is 220 g/mol. The lowest BCUT2D eigenvalue weighted by Crippen LogP contribution is -2.52. The van der Waals surface area contributed by atoms with E-state index in [1.54, 1.807) is 0 Å². The van der Waals surface area contributed by atoms with Gasteiger partial charge in [-0.2, -0.15) is 0 Å². The summed E-state index contributed by atoms with van der Waals surface area (Å²) < 4.78 is 0. The molecule has 2 aliphatic rings. The van der Waals surface area contributed by atoms with Gasteiger partial charge in [0.05, 0.1) is 0 Å². The molecule has 0 spiro atoms. The van der Waals surface area contributed by atoms with Crippen LogP contribution in [0.15, 0.2) is 0 Å². The maximum Gasteiger partial charge on any atom is 0.0102 e. The minimum absolute atomic E-state index is 0.802.